The van der Waals surface area contributed by atoms with Crippen LogP contribution in [0.2, 0.25) is 0 Å². The molecule has 0 aromatic rings. The minimum Gasteiger partial charge on any atom is -0.338 e. The van der Waals surface area contributed by atoms with Gasteiger partial charge in [0.15, 0.2) is 0 Å². The Morgan fingerprint density at radius 2 is 2.00 bits per heavy atom. The maximum absolute atomic E-state index is 9.76. The molecule has 0 bridgehead atoms. The normalized spacial score (nSPS) is 21.4. The minimum atomic E-state index is -2.67. The average Bonchev–Trinajstić information content (AvgIpc) is 0.722. The third kappa shape index (κ3) is 49.6. The van der Waals surface area contributed by atoms with E-state index in [2.05, 4.69) is 0 Å². The molecule has 0 rings (SSSR count). The van der Waals surface area contributed by atoms with Crippen LogP contribution < -0.4 is 0 Å². The van der Waals surface area contributed by atoms with Gasteiger partial charge < -0.3 is 4.89 Å². The van der Waals surface area contributed by atoms with Gasteiger partial charge in [0, 0.05) is 28.7 Å². The fourth-order valence-electron chi connectivity index (χ4n) is 0. The van der Waals surface area contributed by atoms with Gasteiger partial charge in [0.25, 0.3) is 5.01 Å². The summed E-state index contributed by atoms with van der Waals surface area (Å²) in [4.78, 5) is 8.06. The fourth-order valence-corrected chi connectivity index (χ4v) is 0. The Morgan fingerprint density at radius 3 is 2.00 bits per heavy atom. The second kappa shape index (κ2) is 1.58. The summed E-state index contributed by atoms with van der Waals surface area (Å²) in [5, 5.41) is -2.67. The second-order valence-electron chi connectivity index (χ2n) is 0.778. The quantitative estimate of drug-likeness (QED) is 0.478. The first kappa shape index (κ1) is 5.92. The first-order chi connectivity index (χ1) is 2.00. The summed E-state index contributed by atoms with van der Waals surface area (Å²) in [5.74, 6) is 0. The molecular formula is CH4IO2P. The lowest BCUT2D eigenvalue weighted by Gasteiger charge is -1.82. The van der Waals surface area contributed by atoms with E-state index in [4.69, 9.17) is 4.89 Å². The van der Waals surface area contributed by atoms with Crippen molar-refractivity contribution in [2.75, 3.05) is 6.66 Å². The van der Waals surface area contributed by atoms with E-state index in [1.54, 1.807) is 0 Å². The molecule has 0 aliphatic rings. The molecule has 0 amide bonds. The van der Waals surface area contributed by atoms with Crippen LogP contribution in [0.4, 0.5) is 0 Å². The predicted octanol–water partition coefficient (Wildman–Crippen LogP) is 1.24. The lowest BCUT2D eigenvalue weighted by atomic mass is 12.0. The molecule has 4 heteroatoms. The molecule has 0 aliphatic carbocycles. The van der Waals surface area contributed by atoms with Crippen molar-refractivity contribution in [1.82, 2.24) is 0 Å². The van der Waals surface area contributed by atoms with Crippen molar-refractivity contribution in [2.24, 2.45) is 0 Å². The SMILES string of the molecule is CP(=O)(O)I. The van der Waals surface area contributed by atoms with Gasteiger partial charge in [-0.2, -0.15) is 0 Å². The molecule has 0 aliphatic heterocycles. The topological polar surface area (TPSA) is 37.3 Å². The Morgan fingerprint density at radius 1 is 2.00 bits per heavy atom. The maximum Gasteiger partial charge on any atom is 0.254 e. The third-order valence-electron chi connectivity index (χ3n) is 0. The van der Waals surface area contributed by atoms with Crippen LogP contribution in [0, 0.1) is 0 Å². The van der Waals surface area contributed by atoms with Crippen LogP contribution in [0.25, 0.3) is 0 Å². The highest BCUT2D eigenvalue weighted by Gasteiger charge is 1.95. The highest BCUT2D eigenvalue weighted by Crippen LogP contribution is 2.44. The summed E-state index contributed by atoms with van der Waals surface area (Å²) in [6, 6.07) is 0. The third-order valence-corrected chi connectivity index (χ3v) is 0. The summed E-state index contributed by atoms with van der Waals surface area (Å²) in [7, 11) is 0. The molecule has 0 aromatic heterocycles. The lowest BCUT2D eigenvalue weighted by molar-refractivity contribution is 0.506. The molecule has 1 unspecified atom stereocenters. The predicted molar refractivity (Wildman–Crippen MR) is 29.8 cm³/mol. The zero-order valence-electron chi connectivity index (χ0n) is 2.68. The summed E-state index contributed by atoms with van der Waals surface area (Å²) in [6.07, 6.45) is 0. The van der Waals surface area contributed by atoms with Crippen LogP contribution in [-0.4, -0.2) is 11.6 Å². The number of halogens is 1. The van der Waals surface area contributed by atoms with Crippen molar-refractivity contribution in [1.29, 1.82) is 0 Å². The molecule has 0 aromatic carbocycles. The van der Waals surface area contributed by atoms with Crippen molar-refractivity contribution in [3.8, 4) is 0 Å². The Bertz CT molecular complexity index is 55.8. The molecule has 0 radical (unpaired) electrons. The van der Waals surface area contributed by atoms with Crippen LogP contribution in [0.3, 0.4) is 0 Å². The van der Waals surface area contributed by atoms with Crippen molar-refractivity contribution in [2.45, 2.75) is 0 Å². The monoisotopic (exact) mass is 206 g/mol. The van der Waals surface area contributed by atoms with Crippen molar-refractivity contribution in [3.63, 3.8) is 0 Å². The lowest BCUT2D eigenvalue weighted by Crippen LogP contribution is -1.50. The van der Waals surface area contributed by atoms with E-state index >= 15 is 0 Å². The van der Waals surface area contributed by atoms with E-state index in [0.717, 1.165) is 0 Å². The number of rotatable bonds is 0. The molecule has 32 valence electrons. The fraction of sp³-hybridized carbons (Fsp3) is 1.00. The van der Waals surface area contributed by atoms with Gasteiger partial charge in [-0.1, -0.05) is 0 Å². The van der Waals surface area contributed by atoms with Crippen molar-refractivity contribution < 1.29 is 9.46 Å². The highest BCUT2D eigenvalue weighted by atomic mass is 127. The van der Waals surface area contributed by atoms with Gasteiger partial charge in [-0.3, -0.25) is 4.57 Å². The molecular weight excluding hydrogens is 202 g/mol. The Kier molecular flexibility index (Phi) is 1.87. The van der Waals surface area contributed by atoms with Gasteiger partial charge in [-0.15, -0.1) is 0 Å². The molecule has 1 atom stereocenters. The summed E-state index contributed by atoms with van der Waals surface area (Å²) >= 11 is 1.49. The zero-order valence-corrected chi connectivity index (χ0v) is 5.73. The standard InChI is InChI=1S/CH4IO2P/c1-5(2,3)4/h1H3,(H,3,4). The van der Waals surface area contributed by atoms with Crippen LogP contribution in [-0.2, 0) is 4.57 Å². The van der Waals surface area contributed by atoms with E-state index in [-0.39, 0.29) is 0 Å². The van der Waals surface area contributed by atoms with Crippen LogP contribution in [0.5, 0.6) is 0 Å². The molecule has 0 heterocycles. The van der Waals surface area contributed by atoms with Crippen LogP contribution >= 0.6 is 27.1 Å². The van der Waals surface area contributed by atoms with Gasteiger partial charge in [-0.25, -0.2) is 0 Å². The largest absolute Gasteiger partial charge is 0.338 e. The molecule has 0 saturated heterocycles. The van der Waals surface area contributed by atoms with Crippen molar-refractivity contribution >= 4 is 27.1 Å². The Hall–Kier alpha value is 0.920. The minimum absolute atomic E-state index is 1.29. The van der Waals surface area contributed by atoms with E-state index in [1.165, 1.54) is 28.7 Å². The Labute approximate surface area is 43.5 Å². The average molecular weight is 206 g/mol. The summed E-state index contributed by atoms with van der Waals surface area (Å²) < 4.78 is 9.76. The molecule has 5 heavy (non-hydrogen) atoms. The molecule has 0 fully saturated rings. The van der Waals surface area contributed by atoms with E-state index < -0.39 is 5.01 Å². The Balaban J connectivity index is 3.47. The van der Waals surface area contributed by atoms with E-state index in [1.807, 2.05) is 0 Å². The summed E-state index contributed by atoms with van der Waals surface area (Å²) in [6.45, 7) is 1.29. The molecule has 0 spiro atoms. The van der Waals surface area contributed by atoms with Crippen LogP contribution in [0.15, 0.2) is 0 Å². The second-order valence-corrected chi connectivity index (χ2v) is 7.70. The van der Waals surface area contributed by atoms with Gasteiger partial charge >= 0.3 is 0 Å². The molecule has 2 nitrogen and oxygen atoms in total. The highest BCUT2D eigenvalue weighted by molar-refractivity contribution is 14.2. The van der Waals surface area contributed by atoms with Gasteiger partial charge in [-0.05, 0) is 0 Å². The first-order valence-electron chi connectivity index (χ1n) is 0.999. The first-order valence-corrected chi connectivity index (χ1v) is 5.89. The number of hydrogen-bond acceptors (Lipinski definition) is 1. The van der Waals surface area contributed by atoms with Crippen LogP contribution in [0.1, 0.15) is 0 Å². The number of hydrogen-bond donors (Lipinski definition) is 1. The van der Waals surface area contributed by atoms with E-state index in [9.17, 15) is 4.57 Å². The smallest absolute Gasteiger partial charge is 0.254 e. The van der Waals surface area contributed by atoms with Gasteiger partial charge in [0.2, 0.25) is 0 Å². The van der Waals surface area contributed by atoms with E-state index in [0.29, 0.717) is 0 Å². The zero-order chi connectivity index (χ0) is 4.50. The maximum atomic E-state index is 9.76. The van der Waals surface area contributed by atoms with Gasteiger partial charge in [0.05, 0.1) is 0 Å². The van der Waals surface area contributed by atoms with Crippen molar-refractivity contribution in [3.05, 3.63) is 0 Å². The van der Waals surface area contributed by atoms with Gasteiger partial charge in [0.1, 0.15) is 0 Å². The molecule has 0 saturated carbocycles. The summed E-state index contributed by atoms with van der Waals surface area (Å²) in [5.41, 5.74) is 0. The molecule has 1 N–H and O–H groups in total.